The highest BCUT2D eigenvalue weighted by Gasteiger charge is 1.98. The molecule has 0 bridgehead atoms. The fourth-order valence-corrected chi connectivity index (χ4v) is 2.03. The third-order valence-electron chi connectivity index (χ3n) is 3.32. The van der Waals surface area contributed by atoms with Crippen LogP contribution in [0.5, 0.6) is 0 Å². The Hall–Kier alpha value is -0.790. The normalized spacial score (nSPS) is 12.8. The maximum Gasteiger partial charge on any atom is 0.302 e. The van der Waals surface area contributed by atoms with Crippen LogP contribution in [0.25, 0.3) is 0 Å². The first kappa shape index (κ1) is 18.2. The van der Waals surface area contributed by atoms with Crippen LogP contribution in [0.15, 0.2) is 12.2 Å². The zero-order valence-electron chi connectivity index (χ0n) is 13.1. The summed E-state index contributed by atoms with van der Waals surface area (Å²) in [6.45, 7) is 6.43. The summed E-state index contributed by atoms with van der Waals surface area (Å²) in [4.78, 5) is 10.6. The van der Waals surface area contributed by atoms with Crippen LogP contribution in [0.1, 0.15) is 78.6 Å². The van der Waals surface area contributed by atoms with Crippen molar-refractivity contribution in [1.82, 2.24) is 0 Å². The fraction of sp³-hybridized carbons (Fsp3) is 0.824. The summed E-state index contributed by atoms with van der Waals surface area (Å²) < 4.78 is 4.93. The molecular formula is C17H32O2. The molecule has 1 atom stereocenters. The van der Waals surface area contributed by atoms with E-state index in [4.69, 9.17) is 4.74 Å². The van der Waals surface area contributed by atoms with Crippen LogP contribution in [-0.4, -0.2) is 12.6 Å². The number of carbonyl (C=O) groups excluding carboxylic acids is 1. The quantitative estimate of drug-likeness (QED) is 0.274. The van der Waals surface area contributed by atoms with Crippen LogP contribution in [-0.2, 0) is 9.53 Å². The average Bonchev–Trinajstić information content (AvgIpc) is 2.36. The highest BCUT2D eigenvalue weighted by atomic mass is 16.5. The van der Waals surface area contributed by atoms with Gasteiger partial charge in [-0.1, -0.05) is 64.5 Å². The van der Waals surface area contributed by atoms with Crippen LogP contribution >= 0.6 is 0 Å². The largest absolute Gasteiger partial charge is 0.466 e. The standard InChI is InChI=1S/C17H32O2/c1-4-5-6-7-8-9-10-11-12-13-16(2)14-15-19-17(3)18/h12-13,16H,4-11,14-15H2,1-3H3. The topological polar surface area (TPSA) is 26.3 Å². The molecule has 0 aromatic heterocycles. The molecule has 112 valence electrons. The van der Waals surface area contributed by atoms with Crippen molar-refractivity contribution in [1.29, 1.82) is 0 Å². The fourth-order valence-electron chi connectivity index (χ4n) is 2.03. The third-order valence-corrected chi connectivity index (χ3v) is 3.32. The van der Waals surface area contributed by atoms with E-state index in [1.54, 1.807) is 0 Å². The predicted molar refractivity (Wildman–Crippen MR) is 82.2 cm³/mol. The number of rotatable bonds is 12. The number of carbonyl (C=O) groups is 1. The number of esters is 1. The zero-order chi connectivity index (χ0) is 14.3. The second-order valence-corrected chi connectivity index (χ2v) is 5.44. The van der Waals surface area contributed by atoms with Gasteiger partial charge in [-0.15, -0.1) is 0 Å². The Balaban J connectivity index is 3.29. The number of hydrogen-bond acceptors (Lipinski definition) is 2. The SMILES string of the molecule is CCCCCCCCCC=CC(C)CCOC(C)=O. The molecule has 0 rings (SSSR count). The highest BCUT2D eigenvalue weighted by molar-refractivity contribution is 5.65. The second-order valence-electron chi connectivity index (χ2n) is 5.44. The van der Waals surface area contributed by atoms with Gasteiger partial charge in [0.15, 0.2) is 0 Å². The lowest BCUT2D eigenvalue weighted by molar-refractivity contribution is -0.141. The molecule has 0 aliphatic heterocycles. The van der Waals surface area contributed by atoms with E-state index in [1.165, 1.54) is 58.3 Å². The van der Waals surface area contributed by atoms with Gasteiger partial charge in [0.05, 0.1) is 6.61 Å². The first-order chi connectivity index (χ1) is 9.16. The van der Waals surface area contributed by atoms with E-state index < -0.39 is 0 Å². The van der Waals surface area contributed by atoms with Crippen LogP contribution in [0.3, 0.4) is 0 Å². The van der Waals surface area contributed by atoms with Crippen molar-refractivity contribution in [2.75, 3.05) is 6.61 Å². The van der Waals surface area contributed by atoms with Gasteiger partial charge in [-0.2, -0.15) is 0 Å². The molecule has 2 heteroatoms. The Morgan fingerprint density at radius 1 is 1.11 bits per heavy atom. The first-order valence-corrected chi connectivity index (χ1v) is 7.96. The molecule has 1 unspecified atom stereocenters. The Bertz CT molecular complexity index is 233. The number of unbranched alkanes of at least 4 members (excludes halogenated alkanes) is 7. The highest BCUT2D eigenvalue weighted by Crippen LogP contribution is 2.10. The summed E-state index contributed by atoms with van der Waals surface area (Å²) in [5.41, 5.74) is 0. The molecule has 0 heterocycles. The van der Waals surface area contributed by atoms with Crippen molar-refractivity contribution in [2.24, 2.45) is 5.92 Å². The van der Waals surface area contributed by atoms with E-state index in [1.807, 2.05) is 0 Å². The molecule has 0 saturated carbocycles. The minimum Gasteiger partial charge on any atom is -0.466 e. The first-order valence-electron chi connectivity index (χ1n) is 7.96. The Morgan fingerprint density at radius 2 is 1.74 bits per heavy atom. The van der Waals surface area contributed by atoms with Gasteiger partial charge in [-0.05, 0) is 25.2 Å². The summed E-state index contributed by atoms with van der Waals surface area (Å²) in [7, 11) is 0. The van der Waals surface area contributed by atoms with Crippen molar-refractivity contribution in [3.05, 3.63) is 12.2 Å². The van der Waals surface area contributed by atoms with Gasteiger partial charge < -0.3 is 4.74 Å². The molecule has 0 fully saturated rings. The molecule has 2 nitrogen and oxygen atoms in total. The molecule has 0 saturated heterocycles. The lowest BCUT2D eigenvalue weighted by Crippen LogP contribution is -2.03. The summed E-state index contributed by atoms with van der Waals surface area (Å²) >= 11 is 0. The van der Waals surface area contributed by atoms with Crippen molar-refractivity contribution >= 4 is 5.97 Å². The summed E-state index contributed by atoms with van der Waals surface area (Å²) in [6.07, 6.45) is 16.2. The molecule has 0 amide bonds. The molecule has 0 N–H and O–H groups in total. The second kappa shape index (κ2) is 13.6. The molecule has 0 aromatic carbocycles. The zero-order valence-corrected chi connectivity index (χ0v) is 13.1. The minimum atomic E-state index is -0.181. The van der Waals surface area contributed by atoms with E-state index in [-0.39, 0.29) is 5.97 Å². The van der Waals surface area contributed by atoms with E-state index in [2.05, 4.69) is 26.0 Å². The van der Waals surface area contributed by atoms with Gasteiger partial charge in [-0.3, -0.25) is 4.79 Å². The average molecular weight is 268 g/mol. The van der Waals surface area contributed by atoms with Crippen LogP contribution in [0, 0.1) is 5.92 Å². The molecule has 0 aromatic rings. The number of hydrogen-bond donors (Lipinski definition) is 0. The van der Waals surface area contributed by atoms with Crippen molar-refractivity contribution in [3.8, 4) is 0 Å². The maximum atomic E-state index is 10.6. The Morgan fingerprint density at radius 3 is 2.37 bits per heavy atom. The van der Waals surface area contributed by atoms with E-state index in [0.717, 1.165) is 6.42 Å². The van der Waals surface area contributed by atoms with Crippen molar-refractivity contribution < 1.29 is 9.53 Å². The van der Waals surface area contributed by atoms with Crippen molar-refractivity contribution in [3.63, 3.8) is 0 Å². The van der Waals surface area contributed by atoms with Gasteiger partial charge in [0.2, 0.25) is 0 Å². The molecule has 0 spiro atoms. The number of ether oxygens (including phenoxy) is 1. The lowest BCUT2D eigenvalue weighted by atomic mass is 10.1. The van der Waals surface area contributed by atoms with Gasteiger partial charge >= 0.3 is 5.97 Å². The maximum absolute atomic E-state index is 10.6. The lowest BCUT2D eigenvalue weighted by Gasteiger charge is -2.06. The van der Waals surface area contributed by atoms with Gasteiger partial charge in [0.1, 0.15) is 0 Å². The summed E-state index contributed by atoms with van der Waals surface area (Å²) in [5.74, 6) is 0.322. The monoisotopic (exact) mass is 268 g/mol. The van der Waals surface area contributed by atoms with E-state index in [0.29, 0.717) is 12.5 Å². The smallest absolute Gasteiger partial charge is 0.302 e. The van der Waals surface area contributed by atoms with Gasteiger partial charge in [-0.25, -0.2) is 0 Å². The van der Waals surface area contributed by atoms with Crippen LogP contribution in [0.2, 0.25) is 0 Å². The predicted octanol–water partition coefficient (Wildman–Crippen LogP) is 5.27. The summed E-state index contributed by atoms with van der Waals surface area (Å²) in [5, 5.41) is 0. The van der Waals surface area contributed by atoms with Gasteiger partial charge in [0, 0.05) is 6.92 Å². The minimum absolute atomic E-state index is 0.181. The van der Waals surface area contributed by atoms with Crippen molar-refractivity contribution in [2.45, 2.75) is 78.6 Å². The molecule has 0 aliphatic carbocycles. The summed E-state index contributed by atoms with van der Waals surface area (Å²) in [6, 6.07) is 0. The van der Waals surface area contributed by atoms with E-state index >= 15 is 0 Å². The molecule has 0 radical (unpaired) electrons. The van der Waals surface area contributed by atoms with Gasteiger partial charge in [0.25, 0.3) is 0 Å². The van der Waals surface area contributed by atoms with E-state index in [9.17, 15) is 4.79 Å². The molecule has 19 heavy (non-hydrogen) atoms. The Kier molecular flexibility index (Phi) is 13.1. The Labute approximate surface area is 119 Å². The molecule has 0 aliphatic rings. The van der Waals surface area contributed by atoms with Crippen LogP contribution in [0.4, 0.5) is 0 Å². The third kappa shape index (κ3) is 15.2. The molecular weight excluding hydrogens is 236 g/mol. The van der Waals surface area contributed by atoms with Crippen LogP contribution < -0.4 is 0 Å². The number of allylic oxidation sites excluding steroid dienone is 2.